The summed E-state index contributed by atoms with van der Waals surface area (Å²) in [6.07, 6.45) is 0. The van der Waals surface area contributed by atoms with Crippen LogP contribution in [0.3, 0.4) is 0 Å². The van der Waals surface area contributed by atoms with Crippen molar-refractivity contribution < 1.29 is 23.6 Å². The maximum absolute atomic E-state index is 12.2. The minimum Gasteiger partial charge on any atom is -0.496 e. The van der Waals surface area contributed by atoms with E-state index in [-0.39, 0.29) is 18.0 Å². The molecule has 3 aromatic rings. The lowest BCUT2D eigenvalue weighted by Crippen LogP contribution is -2.21. The summed E-state index contributed by atoms with van der Waals surface area (Å²) in [5, 5.41) is 14.4. The molecule has 0 radical (unpaired) electrons. The number of aryl methyl sites for hydroxylation is 2. The first-order chi connectivity index (χ1) is 13.8. The summed E-state index contributed by atoms with van der Waals surface area (Å²) in [6.45, 7) is 3.13. The Kier molecular flexibility index (Phi) is 5.49. The Morgan fingerprint density at radius 2 is 1.97 bits per heavy atom. The largest absolute Gasteiger partial charge is 0.496 e. The number of nitrogens with one attached hydrogen (secondary N) is 1. The summed E-state index contributed by atoms with van der Waals surface area (Å²) in [4.78, 5) is 34.5. The second-order valence-corrected chi connectivity index (χ2v) is 6.29. The maximum atomic E-state index is 12.2. The Bertz CT molecular complexity index is 1170. The van der Waals surface area contributed by atoms with Gasteiger partial charge >= 0.3 is 5.63 Å². The molecule has 0 bridgehead atoms. The molecule has 0 fully saturated rings. The van der Waals surface area contributed by atoms with Crippen LogP contribution in [0.5, 0.6) is 11.5 Å². The van der Waals surface area contributed by atoms with Crippen LogP contribution in [0.15, 0.2) is 45.6 Å². The number of nitro groups is 1. The minimum absolute atomic E-state index is 0.0289. The zero-order chi connectivity index (χ0) is 21.1. The second-order valence-electron chi connectivity index (χ2n) is 6.29. The van der Waals surface area contributed by atoms with E-state index in [2.05, 4.69) is 5.32 Å². The van der Waals surface area contributed by atoms with Crippen molar-refractivity contribution in [2.45, 2.75) is 13.8 Å². The van der Waals surface area contributed by atoms with Gasteiger partial charge < -0.3 is 19.2 Å². The number of benzene rings is 2. The van der Waals surface area contributed by atoms with Crippen molar-refractivity contribution >= 4 is 28.3 Å². The van der Waals surface area contributed by atoms with Gasteiger partial charge in [-0.2, -0.15) is 0 Å². The first-order valence-electron chi connectivity index (χ1n) is 8.59. The quantitative estimate of drug-likeness (QED) is 0.384. The predicted molar refractivity (Wildman–Crippen MR) is 106 cm³/mol. The summed E-state index contributed by atoms with van der Waals surface area (Å²) in [5.74, 6) is 0.0867. The molecule has 1 N–H and O–H groups in total. The molecule has 1 heterocycles. The van der Waals surface area contributed by atoms with Crippen LogP contribution in [0, 0.1) is 24.0 Å². The summed E-state index contributed by atoms with van der Waals surface area (Å²) in [7, 11) is 1.39. The zero-order valence-electron chi connectivity index (χ0n) is 16.0. The molecule has 9 nitrogen and oxygen atoms in total. The molecule has 0 aliphatic heterocycles. The fraction of sp³-hybridized carbons (Fsp3) is 0.200. The number of ether oxygens (including phenoxy) is 2. The van der Waals surface area contributed by atoms with Crippen LogP contribution in [0.25, 0.3) is 11.0 Å². The summed E-state index contributed by atoms with van der Waals surface area (Å²) >= 11 is 0. The fourth-order valence-electron chi connectivity index (χ4n) is 2.88. The van der Waals surface area contributed by atoms with Crippen LogP contribution in [0.4, 0.5) is 11.4 Å². The molecule has 0 saturated heterocycles. The second kappa shape index (κ2) is 8.01. The molecule has 0 unspecified atom stereocenters. The molecule has 1 aromatic heterocycles. The van der Waals surface area contributed by atoms with Crippen LogP contribution in [0.1, 0.15) is 11.1 Å². The molecule has 9 heteroatoms. The average molecular weight is 398 g/mol. The number of nitrogens with zero attached hydrogens (tertiary/aromatic N) is 1. The van der Waals surface area contributed by atoms with Crippen molar-refractivity contribution in [3.05, 3.63) is 68.1 Å². The number of methoxy groups -OCH3 is 1. The lowest BCUT2D eigenvalue weighted by molar-refractivity contribution is -0.384. The molecule has 29 heavy (non-hydrogen) atoms. The third-order valence-corrected chi connectivity index (χ3v) is 4.35. The average Bonchev–Trinajstić information content (AvgIpc) is 2.68. The van der Waals surface area contributed by atoms with E-state index in [4.69, 9.17) is 13.9 Å². The van der Waals surface area contributed by atoms with E-state index in [1.54, 1.807) is 26.0 Å². The lowest BCUT2D eigenvalue weighted by atomic mass is 10.1. The summed E-state index contributed by atoms with van der Waals surface area (Å²) in [6, 6.07) is 8.91. The predicted octanol–water partition coefficient (Wildman–Crippen LogP) is 3.34. The van der Waals surface area contributed by atoms with Crippen molar-refractivity contribution in [3.8, 4) is 11.5 Å². The smallest absolute Gasteiger partial charge is 0.336 e. The van der Waals surface area contributed by atoms with Gasteiger partial charge in [-0.15, -0.1) is 0 Å². The molecule has 2 aromatic carbocycles. The molecule has 3 rings (SSSR count). The van der Waals surface area contributed by atoms with Gasteiger partial charge in [0.15, 0.2) is 6.61 Å². The highest BCUT2D eigenvalue weighted by molar-refractivity contribution is 5.94. The first-order valence-corrected chi connectivity index (χ1v) is 8.59. The van der Waals surface area contributed by atoms with Crippen LogP contribution in [-0.4, -0.2) is 24.5 Å². The van der Waals surface area contributed by atoms with Gasteiger partial charge in [-0.3, -0.25) is 14.9 Å². The topological polar surface area (TPSA) is 121 Å². The van der Waals surface area contributed by atoms with Gasteiger partial charge in [0.2, 0.25) is 0 Å². The summed E-state index contributed by atoms with van der Waals surface area (Å²) in [5.41, 5.74) is 0.999. The number of carbonyl (C=O) groups excluding carboxylic acids is 1. The van der Waals surface area contributed by atoms with E-state index < -0.39 is 16.5 Å². The Labute approximate surface area is 165 Å². The van der Waals surface area contributed by atoms with Gasteiger partial charge in [0.25, 0.3) is 11.6 Å². The third kappa shape index (κ3) is 4.18. The van der Waals surface area contributed by atoms with Crippen LogP contribution < -0.4 is 20.4 Å². The number of rotatable bonds is 6. The number of hydrogen-bond donors (Lipinski definition) is 1. The number of hydrogen-bond acceptors (Lipinski definition) is 7. The molecule has 150 valence electrons. The van der Waals surface area contributed by atoms with E-state index in [1.165, 1.54) is 31.4 Å². The summed E-state index contributed by atoms with van der Waals surface area (Å²) < 4.78 is 15.8. The number of amides is 1. The normalized spacial score (nSPS) is 10.6. The Hall–Kier alpha value is -3.88. The van der Waals surface area contributed by atoms with Crippen molar-refractivity contribution in [2.75, 3.05) is 19.0 Å². The molecule has 0 saturated carbocycles. The molecular weight excluding hydrogens is 380 g/mol. The van der Waals surface area contributed by atoms with Crippen molar-refractivity contribution in [1.82, 2.24) is 0 Å². The first kappa shape index (κ1) is 19.9. The van der Waals surface area contributed by atoms with Crippen LogP contribution in [-0.2, 0) is 4.79 Å². The van der Waals surface area contributed by atoms with E-state index in [1.807, 2.05) is 0 Å². The molecule has 0 aliphatic rings. The Balaban J connectivity index is 1.77. The van der Waals surface area contributed by atoms with E-state index in [9.17, 15) is 19.7 Å². The Morgan fingerprint density at radius 1 is 1.21 bits per heavy atom. The molecule has 0 aliphatic carbocycles. The van der Waals surface area contributed by atoms with Gasteiger partial charge in [-0.1, -0.05) is 0 Å². The van der Waals surface area contributed by atoms with Crippen LogP contribution in [0.2, 0.25) is 0 Å². The van der Waals surface area contributed by atoms with Gasteiger partial charge in [0.05, 0.1) is 18.1 Å². The van der Waals surface area contributed by atoms with Crippen molar-refractivity contribution in [2.24, 2.45) is 0 Å². The highest BCUT2D eigenvalue weighted by Crippen LogP contribution is 2.30. The van der Waals surface area contributed by atoms with Gasteiger partial charge in [-0.05, 0) is 43.7 Å². The number of nitro benzene ring substituents is 1. The number of anilines is 1. The van der Waals surface area contributed by atoms with E-state index in [0.717, 1.165) is 10.9 Å². The number of fused-ring (bicyclic) bond motifs is 1. The maximum Gasteiger partial charge on any atom is 0.336 e. The van der Waals surface area contributed by atoms with Gasteiger partial charge in [-0.25, -0.2) is 4.79 Å². The van der Waals surface area contributed by atoms with Crippen LogP contribution >= 0.6 is 0 Å². The highest BCUT2D eigenvalue weighted by Gasteiger charge is 2.18. The van der Waals surface area contributed by atoms with Crippen molar-refractivity contribution in [1.29, 1.82) is 0 Å². The standard InChI is InChI=1S/C20H18N2O7/c1-11-8-19(24)29-20-12(2)17(7-5-14(11)20)28-10-18(23)21-15-6-4-13(27-3)9-16(15)22(25)26/h4-9H,10H2,1-3H3,(H,21,23). The highest BCUT2D eigenvalue weighted by atomic mass is 16.6. The van der Waals surface area contributed by atoms with E-state index in [0.29, 0.717) is 22.6 Å². The molecular formula is C20H18N2O7. The minimum atomic E-state index is -0.614. The number of carbonyl (C=O) groups is 1. The molecule has 0 spiro atoms. The molecule has 0 atom stereocenters. The van der Waals surface area contributed by atoms with Crippen molar-refractivity contribution in [3.63, 3.8) is 0 Å². The SMILES string of the molecule is COc1ccc(NC(=O)COc2ccc3c(C)cc(=O)oc3c2C)c([N+](=O)[O-])c1. The third-order valence-electron chi connectivity index (χ3n) is 4.35. The molecule has 1 amide bonds. The lowest BCUT2D eigenvalue weighted by Gasteiger charge is -2.12. The zero-order valence-corrected chi connectivity index (χ0v) is 16.0. The monoisotopic (exact) mass is 398 g/mol. The van der Waals surface area contributed by atoms with Gasteiger partial charge in [0.1, 0.15) is 22.8 Å². The fourth-order valence-corrected chi connectivity index (χ4v) is 2.88. The Morgan fingerprint density at radius 3 is 2.66 bits per heavy atom. The van der Waals surface area contributed by atoms with E-state index >= 15 is 0 Å². The van der Waals surface area contributed by atoms with Gasteiger partial charge in [0, 0.05) is 17.0 Å².